The molecule has 1 aromatic heterocycles. The number of carbonyl (C=O) groups is 3. The van der Waals surface area contributed by atoms with Crippen molar-refractivity contribution in [1.82, 2.24) is 9.47 Å². The van der Waals surface area contributed by atoms with Gasteiger partial charge in [-0.25, -0.2) is 4.79 Å². The van der Waals surface area contributed by atoms with Crippen molar-refractivity contribution < 1.29 is 29.0 Å². The molecule has 36 heavy (non-hydrogen) atoms. The predicted octanol–water partition coefficient (Wildman–Crippen LogP) is 6.06. The molecule has 1 N–H and O–H groups in total. The highest BCUT2D eigenvalue weighted by molar-refractivity contribution is 8.18. The van der Waals surface area contributed by atoms with Gasteiger partial charge in [0, 0.05) is 28.2 Å². The Kier molecular flexibility index (Phi) is 6.23. The van der Waals surface area contributed by atoms with E-state index in [1.54, 1.807) is 24.3 Å². The lowest BCUT2D eigenvalue weighted by atomic mass is 10.1. The number of thioether (sulfide) groups is 1. The number of ether oxygens (including phenoxy) is 2. The molecule has 2 aliphatic rings. The number of rotatable bonds is 5. The van der Waals surface area contributed by atoms with Crippen LogP contribution in [0.1, 0.15) is 32.9 Å². The van der Waals surface area contributed by atoms with Gasteiger partial charge in [0.2, 0.25) is 6.79 Å². The van der Waals surface area contributed by atoms with Gasteiger partial charge in [0.25, 0.3) is 11.1 Å². The first-order valence-corrected chi connectivity index (χ1v) is 12.3. The summed E-state index contributed by atoms with van der Waals surface area (Å²) in [5.41, 5.74) is 3.51. The highest BCUT2D eigenvalue weighted by atomic mass is 35.5. The molecule has 0 unspecified atom stereocenters. The van der Waals surface area contributed by atoms with E-state index in [2.05, 4.69) is 0 Å². The minimum Gasteiger partial charge on any atom is -0.478 e. The molecule has 11 heteroatoms. The zero-order valence-electron chi connectivity index (χ0n) is 19.0. The number of nitrogens with zero attached hydrogens (tertiary/aromatic N) is 2. The summed E-state index contributed by atoms with van der Waals surface area (Å²) in [5.74, 6) is -0.522. The van der Waals surface area contributed by atoms with Gasteiger partial charge in [-0.15, -0.1) is 0 Å². The van der Waals surface area contributed by atoms with Gasteiger partial charge in [0.05, 0.1) is 22.0 Å². The minimum absolute atomic E-state index is 0.000752. The molecule has 2 amide bonds. The Morgan fingerprint density at radius 2 is 1.81 bits per heavy atom. The Morgan fingerprint density at radius 3 is 2.53 bits per heavy atom. The van der Waals surface area contributed by atoms with Crippen LogP contribution in [-0.4, -0.2) is 38.5 Å². The first kappa shape index (κ1) is 24.3. The van der Waals surface area contributed by atoms with Gasteiger partial charge in [0.1, 0.15) is 0 Å². The lowest BCUT2D eigenvalue weighted by Crippen LogP contribution is -2.27. The van der Waals surface area contributed by atoms with Gasteiger partial charge in [-0.3, -0.25) is 14.5 Å². The third kappa shape index (κ3) is 4.23. The molecule has 1 fully saturated rings. The molecule has 0 radical (unpaired) electrons. The fourth-order valence-corrected chi connectivity index (χ4v) is 5.42. The van der Waals surface area contributed by atoms with E-state index >= 15 is 0 Å². The van der Waals surface area contributed by atoms with Crippen LogP contribution in [0.2, 0.25) is 10.0 Å². The molecule has 3 aromatic rings. The third-order valence-electron chi connectivity index (χ3n) is 5.94. The number of aryl methyl sites for hydroxylation is 1. The number of benzene rings is 2. The monoisotopic (exact) mass is 544 g/mol. The average Bonchev–Trinajstić information content (AvgIpc) is 3.46. The average molecular weight is 545 g/mol. The Balaban J connectivity index is 1.44. The normalized spacial score (nSPS) is 15.9. The van der Waals surface area contributed by atoms with Crippen molar-refractivity contribution >= 4 is 58.2 Å². The number of carbonyl (C=O) groups excluding carboxylic acids is 2. The van der Waals surface area contributed by atoms with E-state index in [4.69, 9.17) is 32.7 Å². The summed E-state index contributed by atoms with van der Waals surface area (Å²) in [6.45, 7) is 3.81. The van der Waals surface area contributed by atoms with E-state index in [1.165, 1.54) is 12.1 Å². The summed E-state index contributed by atoms with van der Waals surface area (Å²) < 4.78 is 12.5. The predicted molar refractivity (Wildman–Crippen MR) is 136 cm³/mol. The fraction of sp³-hybridized carbons (Fsp3) is 0.160. The Labute approximate surface area is 220 Å². The van der Waals surface area contributed by atoms with Crippen LogP contribution in [0.5, 0.6) is 11.5 Å². The summed E-state index contributed by atoms with van der Waals surface area (Å²) in [5, 5.41) is 9.53. The quantitative estimate of drug-likeness (QED) is 0.389. The van der Waals surface area contributed by atoms with E-state index < -0.39 is 17.1 Å². The van der Waals surface area contributed by atoms with Gasteiger partial charge in [-0.2, -0.15) is 0 Å². The summed E-state index contributed by atoms with van der Waals surface area (Å²) in [4.78, 5) is 38.8. The second-order valence-electron chi connectivity index (χ2n) is 8.20. The van der Waals surface area contributed by atoms with Gasteiger partial charge >= 0.3 is 5.97 Å². The summed E-state index contributed by atoms with van der Waals surface area (Å²) in [6.07, 6.45) is 1.67. The van der Waals surface area contributed by atoms with Gasteiger partial charge < -0.3 is 19.1 Å². The van der Waals surface area contributed by atoms with E-state index in [9.17, 15) is 19.5 Å². The molecule has 0 aliphatic carbocycles. The maximum absolute atomic E-state index is 13.1. The van der Waals surface area contributed by atoms with Crippen molar-refractivity contribution in [3.63, 3.8) is 0 Å². The molecule has 184 valence electrons. The van der Waals surface area contributed by atoms with Crippen LogP contribution in [0, 0.1) is 13.8 Å². The van der Waals surface area contributed by atoms with E-state index in [-0.39, 0.29) is 28.8 Å². The van der Waals surface area contributed by atoms with Crippen molar-refractivity contribution in [1.29, 1.82) is 0 Å². The number of carboxylic acids is 1. The van der Waals surface area contributed by atoms with Crippen LogP contribution in [0.4, 0.5) is 4.79 Å². The van der Waals surface area contributed by atoms with Crippen molar-refractivity contribution in [2.45, 2.75) is 20.4 Å². The van der Waals surface area contributed by atoms with Crippen LogP contribution in [0.15, 0.2) is 41.3 Å². The lowest BCUT2D eigenvalue weighted by molar-refractivity contribution is -0.123. The first-order chi connectivity index (χ1) is 17.1. The number of aromatic carboxylic acids is 1. The molecule has 8 nitrogen and oxygen atoms in total. The maximum Gasteiger partial charge on any atom is 0.337 e. The molecule has 0 atom stereocenters. The second-order valence-corrected chi connectivity index (χ2v) is 10.0. The van der Waals surface area contributed by atoms with E-state index in [0.717, 1.165) is 33.6 Å². The van der Waals surface area contributed by atoms with Crippen LogP contribution in [0.3, 0.4) is 0 Å². The number of aromatic nitrogens is 1. The van der Waals surface area contributed by atoms with Crippen LogP contribution in [-0.2, 0) is 11.3 Å². The van der Waals surface area contributed by atoms with Crippen LogP contribution >= 0.6 is 35.0 Å². The second kappa shape index (κ2) is 9.24. The minimum atomic E-state index is -1.12. The smallest absolute Gasteiger partial charge is 0.337 e. The van der Waals surface area contributed by atoms with Crippen molar-refractivity contribution in [3.05, 3.63) is 79.4 Å². The van der Waals surface area contributed by atoms with Gasteiger partial charge in [0.15, 0.2) is 11.5 Å². The molecular formula is C25H18Cl2N2O6S. The van der Waals surface area contributed by atoms with E-state index in [0.29, 0.717) is 27.8 Å². The van der Waals surface area contributed by atoms with Gasteiger partial charge in [-0.1, -0.05) is 23.2 Å². The number of amides is 2. The largest absolute Gasteiger partial charge is 0.478 e. The SMILES string of the molecule is Cc1cc(/C=C2\SC(=O)N(Cc3cc4c(cc3Cl)OCO4)C2=O)c(C)n1-c1ccc(Cl)c(C(=O)O)c1. The molecule has 5 rings (SSSR count). The molecule has 2 aromatic carbocycles. The highest BCUT2D eigenvalue weighted by Crippen LogP contribution is 2.40. The maximum atomic E-state index is 13.1. The molecule has 3 heterocycles. The number of hydrogen-bond donors (Lipinski definition) is 1. The lowest BCUT2D eigenvalue weighted by Gasteiger charge is -2.14. The topological polar surface area (TPSA) is 98.1 Å². The molecular weight excluding hydrogens is 527 g/mol. The fourth-order valence-electron chi connectivity index (χ4n) is 4.18. The standard InChI is InChI=1S/C25H18Cl2N2O6S/c1-12-5-14(13(2)29(12)16-3-4-18(26)17(8-16)24(31)32)7-22-23(30)28(25(33)36-22)10-15-6-20-21(9-19(15)27)35-11-34-20/h3-9H,10-11H2,1-2H3,(H,31,32)/b22-7-. The molecule has 1 saturated heterocycles. The molecule has 0 bridgehead atoms. The van der Waals surface area contributed by atoms with Crippen LogP contribution in [0.25, 0.3) is 11.8 Å². The van der Waals surface area contributed by atoms with E-state index in [1.807, 2.05) is 24.5 Å². The Hall–Kier alpha value is -3.40. The molecule has 2 aliphatic heterocycles. The number of halogens is 2. The van der Waals surface area contributed by atoms with Crippen molar-refractivity contribution in [3.8, 4) is 17.2 Å². The van der Waals surface area contributed by atoms with Gasteiger partial charge in [-0.05, 0) is 73.1 Å². The van der Waals surface area contributed by atoms with Crippen molar-refractivity contribution in [2.75, 3.05) is 6.79 Å². The zero-order valence-corrected chi connectivity index (χ0v) is 21.3. The molecule has 0 saturated carbocycles. The Bertz CT molecular complexity index is 1500. The highest BCUT2D eigenvalue weighted by Gasteiger charge is 2.36. The number of carboxylic acid groups (broad SMARTS) is 1. The third-order valence-corrected chi connectivity index (χ3v) is 7.53. The first-order valence-electron chi connectivity index (χ1n) is 10.7. The summed E-state index contributed by atoms with van der Waals surface area (Å²) in [7, 11) is 0. The summed E-state index contributed by atoms with van der Waals surface area (Å²) >= 11 is 13.2. The summed E-state index contributed by atoms with van der Waals surface area (Å²) in [6, 6.07) is 9.90. The zero-order chi connectivity index (χ0) is 25.7. The molecule has 0 spiro atoms. The number of fused-ring (bicyclic) bond motifs is 1. The number of imide groups is 1. The van der Waals surface area contributed by atoms with Crippen LogP contribution < -0.4 is 9.47 Å². The van der Waals surface area contributed by atoms with Crippen molar-refractivity contribution in [2.24, 2.45) is 0 Å². The Morgan fingerprint density at radius 1 is 1.08 bits per heavy atom. The number of hydrogen-bond acceptors (Lipinski definition) is 6.